The van der Waals surface area contributed by atoms with Gasteiger partial charge in [0.25, 0.3) is 0 Å². The van der Waals surface area contributed by atoms with Crippen molar-refractivity contribution in [2.24, 2.45) is 5.41 Å². The molecule has 0 N–H and O–H groups in total. The van der Waals surface area contributed by atoms with Gasteiger partial charge in [0.05, 0.1) is 19.3 Å². The van der Waals surface area contributed by atoms with Gasteiger partial charge in [-0.3, -0.25) is 4.79 Å². The molecule has 2 atom stereocenters. The molecule has 5 nitrogen and oxygen atoms in total. The van der Waals surface area contributed by atoms with Gasteiger partial charge in [0, 0.05) is 37.2 Å². The SMILES string of the molecule is CN(C)CCOC[C@@]12CCCO[C@H]1CCN(C(=O)C1=CCCCC1)C2. The van der Waals surface area contributed by atoms with Crippen LogP contribution in [0.25, 0.3) is 0 Å². The number of carbonyl (C=O) groups is 1. The molecule has 2 saturated heterocycles. The summed E-state index contributed by atoms with van der Waals surface area (Å²) in [6, 6.07) is 0. The second-order valence-corrected chi connectivity index (χ2v) is 8.17. The number of carbonyl (C=O) groups excluding carboxylic acids is 1. The Balaban J connectivity index is 1.64. The molecule has 0 unspecified atom stereocenters. The number of allylic oxidation sites excluding steroid dienone is 1. The van der Waals surface area contributed by atoms with E-state index < -0.39 is 0 Å². The lowest BCUT2D eigenvalue weighted by molar-refractivity contribution is -0.162. The Hall–Kier alpha value is -0.910. The first kappa shape index (κ1) is 18.9. The molecule has 5 heteroatoms. The molecule has 0 radical (unpaired) electrons. The van der Waals surface area contributed by atoms with Crippen LogP contribution in [-0.2, 0) is 14.3 Å². The molecule has 3 aliphatic rings. The number of amides is 1. The number of fused-ring (bicyclic) bond motifs is 1. The molecular formula is C20H34N2O3. The fourth-order valence-electron chi connectivity index (χ4n) is 4.43. The Bertz CT molecular complexity index is 491. The number of hydrogen-bond acceptors (Lipinski definition) is 4. The largest absolute Gasteiger partial charge is 0.379 e. The van der Waals surface area contributed by atoms with Crippen molar-refractivity contribution in [2.75, 3.05) is 53.6 Å². The number of nitrogens with zero attached hydrogens (tertiary/aromatic N) is 2. The average Bonchev–Trinajstić information content (AvgIpc) is 2.65. The molecule has 0 bridgehead atoms. The van der Waals surface area contributed by atoms with Gasteiger partial charge in [-0.15, -0.1) is 0 Å². The summed E-state index contributed by atoms with van der Waals surface area (Å²) in [5.74, 6) is 0.261. The van der Waals surface area contributed by atoms with E-state index in [1.807, 2.05) is 0 Å². The molecule has 1 amide bonds. The van der Waals surface area contributed by atoms with Crippen LogP contribution < -0.4 is 0 Å². The zero-order valence-corrected chi connectivity index (χ0v) is 16.0. The molecule has 0 spiro atoms. The van der Waals surface area contributed by atoms with Gasteiger partial charge in [-0.1, -0.05) is 6.08 Å². The summed E-state index contributed by atoms with van der Waals surface area (Å²) in [5, 5.41) is 0. The molecule has 25 heavy (non-hydrogen) atoms. The zero-order valence-electron chi connectivity index (χ0n) is 16.0. The normalized spacial score (nSPS) is 30.1. The van der Waals surface area contributed by atoms with E-state index >= 15 is 0 Å². The van der Waals surface area contributed by atoms with E-state index in [0.29, 0.717) is 6.61 Å². The molecule has 0 aromatic heterocycles. The van der Waals surface area contributed by atoms with Crippen LogP contribution in [-0.4, -0.2) is 75.4 Å². The third kappa shape index (κ3) is 4.63. The Morgan fingerprint density at radius 3 is 3.04 bits per heavy atom. The van der Waals surface area contributed by atoms with Crippen LogP contribution >= 0.6 is 0 Å². The van der Waals surface area contributed by atoms with Crippen molar-refractivity contribution in [1.29, 1.82) is 0 Å². The minimum Gasteiger partial charge on any atom is -0.379 e. The van der Waals surface area contributed by atoms with E-state index in [1.165, 1.54) is 6.42 Å². The summed E-state index contributed by atoms with van der Waals surface area (Å²) < 4.78 is 12.1. The number of likely N-dealkylation sites (tertiary alicyclic amines) is 1. The van der Waals surface area contributed by atoms with E-state index in [9.17, 15) is 4.79 Å². The molecule has 0 aromatic carbocycles. The fraction of sp³-hybridized carbons (Fsp3) is 0.850. The van der Waals surface area contributed by atoms with Crippen molar-refractivity contribution in [3.8, 4) is 0 Å². The highest BCUT2D eigenvalue weighted by atomic mass is 16.5. The van der Waals surface area contributed by atoms with Crippen molar-refractivity contribution >= 4 is 5.91 Å². The lowest BCUT2D eigenvalue weighted by Crippen LogP contribution is -2.58. The predicted octanol–water partition coefficient (Wildman–Crippen LogP) is 2.46. The highest BCUT2D eigenvalue weighted by Crippen LogP contribution is 2.41. The van der Waals surface area contributed by atoms with Crippen molar-refractivity contribution in [3.05, 3.63) is 11.6 Å². The summed E-state index contributed by atoms with van der Waals surface area (Å²) >= 11 is 0. The highest BCUT2D eigenvalue weighted by Gasteiger charge is 2.47. The summed E-state index contributed by atoms with van der Waals surface area (Å²) in [6.07, 6.45) is 9.88. The fourth-order valence-corrected chi connectivity index (χ4v) is 4.43. The van der Waals surface area contributed by atoms with Crippen molar-refractivity contribution in [3.63, 3.8) is 0 Å². The van der Waals surface area contributed by atoms with Gasteiger partial charge >= 0.3 is 0 Å². The molecule has 0 saturated carbocycles. The third-order valence-electron chi connectivity index (χ3n) is 5.91. The van der Waals surface area contributed by atoms with Gasteiger partial charge in [0.2, 0.25) is 5.91 Å². The molecule has 0 aromatic rings. The van der Waals surface area contributed by atoms with Crippen LogP contribution in [0.4, 0.5) is 0 Å². The summed E-state index contributed by atoms with van der Waals surface area (Å²) in [6.45, 7) is 4.82. The number of likely N-dealkylation sites (N-methyl/N-ethyl adjacent to an activating group) is 1. The summed E-state index contributed by atoms with van der Waals surface area (Å²) in [7, 11) is 4.13. The maximum absolute atomic E-state index is 13.0. The van der Waals surface area contributed by atoms with E-state index in [4.69, 9.17) is 9.47 Å². The first-order valence-corrected chi connectivity index (χ1v) is 9.93. The van der Waals surface area contributed by atoms with Gasteiger partial charge in [-0.25, -0.2) is 0 Å². The molecule has 3 rings (SSSR count). The Morgan fingerprint density at radius 2 is 2.28 bits per heavy atom. The zero-order chi connectivity index (χ0) is 17.7. The number of piperidine rings is 1. The highest BCUT2D eigenvalue weighted by molar-refractivity contribution is 5.93. The molecule has 2 aliphatic heterocycles. The number of ether oxygens (including phenoxy) is 2. The van der Waals surface area contributed by atoms with Crippen LogP contribution in [0.15, 0.2) is 11.6 Å². The van der Waals surface area contributed by atoms with Crippen LogP contribution in [0.3, 0.4) is 0 Å². The Morgan fingerprint density at radius 1 is 1.40 bits per heavy atom. The second kappa shape index (κ2) is 8.65. The predicted molar refractivity (Wildman–Crippen MR) is 98.5 cm³/mol. The first-order chi connectivity index (χ1) is 12.1. The van der Waals surface area contributed by atoms with Crippen LogP contribution in [0.5, 0.6) is 0 Å². The minimum absolute atomic E-state index is 0.0201. The Kier molecular flexibility index (Phi) is 6.53. The van der Waals surface area contributed by atoms with Crippen LogP contribution in [0.1, 0.15) is 44.9 Å². The van der Waals surface area contributed by atoms with Crippen LogP contribution in [0, 0.1) is 5.41 Å². The topological polar surface area (TPSA) is 42.0 Å². The third-order valence-corrected chi connectivity index (χ3v) is 5.91. The minimum atomic E-state index is -0.0201. The standard InChI is InChI=1S/C20H34N2O3/c1-21(2)12-14-24-16-20-10-6-13-25-18(20)9-11-22(15-20)19(23)17-7-4-3-5-8-17/h7,18H,3-6,8-16H2,1-2H3/t18-,20-/m0/s1. The average molecular weight is 351 g/mol. The quantitative estimate of drug-likeness (QED) is 0.690. The second-order valence-electron chi connectivity index (χ2n) is 8.17. The number of rotatable bonds is 6. The van der Waals surface area contributed by atoms with Gasteiger partial charge < -0.3 is 19.3 Å². The lowest BCUT2D eigenvalue weighted by atomic mass is 9.72. The van der Waals surface area contributed by atoms with Gasteiger partial charge in [0.15, 0.2) is 0 Å². The first-order valence-electron chi connectivity index (χ1n) is 9.93. The van der Waals surface area contributed by atoms with Crippen molar-refractivity contribution < 1.29 is 14.3 Å². The molecule has 2 heterocycles. The maximum atomic E-state index is 13.0. The monoisotopic (exact) mass is 350 g/mol. The van der Waals surface area contributed by atoms with Crippen molar-refractivity contribution in [1.82, 2.24) is 9.80 Å². The van der Waals surface area contributed by atoms with E-state index in [0.717, 1.165) is 76.9 Å². The molecule has 142 valence electrons. The lowest BCUT2D eigenvalue weighted by Gasteiger charge is -2.50. The summed E-state index contributed by atoms with van der Waals surface area (Å²) in [5.41, 5.74) is 1.01. The maximum Gasteiger partial charge on any atom is 0.249 e. The summed E-state index contributed by atoms with van der Waals surface area (Å²) in [4.78, 5) is 17.2. The van der Waals surface area contributed by atoms with Crippen LogP contribution in [0.2, 0.25) is 0 Å². The Labute approximate surface area is 152 Å². The van der Waals surface area contributed by atoms with E-state index in [2.05, 4.69) is 30.0 Å². The molecule has 2 fully saturated rings. The molecule has 1 aliphatic carbocycles. The van der Waals surface area contributed by atoms with Crippen molar-refractivity contribution in [2.45, 2.75) is 51.0 Å². The van der Waals surface area contributed by atoms with E-state index in [1.54, 1.807) is 0 Å². The van der Waals surface area contributed by atoms with Gasteiger partial charge in [-0.05, 0) is 59.0 Å². The van der Waals surface area contributed by atoms with Gasteiger partial charge in [0.1, 0.15) is 0 Å². The van der Waals surface area contributed by atoms with Gasteiger partial charge in [-0.2, -0.15) is 0 Å². The smallest absolute Gasteiger partial charge is 0.249 e. The molecular weight excluding hydrogens is 316 g/mol. The van der Waals surface area contributed by atoms with E-state index in [-0.39, 0.29) is 17.4 Å². The number of hydrogen-bond donors (Lipinski definition) is 0.